The number of hydrogen-bond acceptors (Lipinski definition) is 3. The van der Waals surface area contributed by atoms with Gasteiger partial charge in [-0.15, -0.1) is 0 Å². The van der Waals surface area contributed by atoms with E-state index in [1.54, 1.807) is 6.92 Å². The standard InChI is InChI=1S/C19H30O3/c1-13-7-10-16-18(3,15(13)9-8-14(2)20)11-6-12-19(16,4)17(21)22-5/h15-16H,1,6-12H2,2-5H3/t15-,16+,18+,19-/m0/s1. The third-order valence-electron chi connectivity index (χ3n) is 6.46. The minimum absolute atomic E-state index is 0.0615. The topological polar surface area (TPSA) is 43.4 Å². The van der Waals surface area contributed by atoms with Gasteiger partial charge in [-0.3, -0.25) is 4.79 Å². The molecule has 124 valence electrons. The van der Waals surface area contributed by atoms with Crippen LogP contribution in [-0.4, -0.2) is 18.9 Å². The molecule has 2 rings (SSSR count). The maximum absolute atomic E-state index is 12.4. The number of fused-ring (bicyclic) bond motifs is 1. The van der Waals surface area contributed by atoms with Crippen molar-refractivity contribution < 1.29 is 14.3 Å². The van der Waals surface area contributed by atoms with Gasteiger partial charge in [0.25, 0.3) is 0 Å². The van der Waals surface area contributed by atoms with Crippen LogP contribution in [0.4, 0.5) is 0 Å². The Hall–Kier alpha value is -1.12. The number of carbonyl (C=O) groups excluding carboxylic acids is 2. The first kappa shape index (κ1) is 17.2. The highest BCUT2D eigenvalue weighted by atomic mass is 16.5. The van der Waals surface area contributed by atoms with Crippen LogP contribution in [0.3, 0.4) is 0 Å². The number of esters is 1. The van der Waals surface area contributed by atoms with E-state index in [0.717, 1.165) is 38.5 Å². The Balaban J connectivity index is 2.33. The molecule has 0 heterocycles. The molecule has 0 aromatic rings. The van der Waals surface area contributed by atoms with E-state index < -0.39 is 5.41 Å². The average molecular weight is 306 g/mol. The highest BCUT2D eigenvalue weighted by Crippen LogP contribution is 2.62. The molecule has 0 N–H and O–H groups in total. The summed E-state index contributed by atoms with van der Waals surface area (Å²) in [6, 6.07) is 0. The summed E-state index contributed by atoms with van der Waals surface area (Å²) in [5.41, 5.74) is 0.942. The molecule has 22 heavy (non-hydrogen) atoms. The van der Waals surface area contributed by atoms with Crippen molar-refractivity contribution in [2.24, 2.45) is 22.7 Å². The SMILES string of the molecule is C=C1CC[C@@H]2[C@](C)(CCC[C@]2(C)C(=O)OC)[C@H]1CCC(C)=O. The summed E-state index contributed by atoms with van der Waals surface area (Å²) in [7, 11) is 1.49. The van der Waals surface area contributed by atoms with Crippen molar-refractivity contribution in [3.63, 3.8) is 0 Å². The Morgan fingerprint density at radius 2 is 2.00 bits per heavy atom. The minimum atomic E-state index is -0.392. The normalized spacial score (nSPS) is 38.3. The molecule has 0 amide bonds. The Bertz CT molecular complexity index is 481. The van der Waals surface area contributed by atoms with Crippen LogP contribution in [0.25, 0.3) is 0 Å². The zero-order valence-electron chi connectivity index (χ0n) is 14.5. The van der Waals surface area contributed by atoms with E-state index >= 15 is 0 Å². The molecular formula is C19H30O3. The fourth-order valence-corrected chi connectivity index (χ4v) is 5.31. The third-order valence-corrected chi connectivity index (χ3v) is 6.46. The van der Waals surface area contributed by atoms with E-state index in [2.05, 4.69) is 20.4 Å². The molecule has 4 atom stereocenters. The van der Waals surface area contributed by atoms with Crippen molar-refractivity contribution in [3.8, 4) is 0 Å². The van der Waals surface area contributed by atoms with Gasteiger partial charge in [0.2, 0.25) is 0 Å². The minimum Gasteiger partial charge on any atom is -0.469 e. The second-order valence-corrected chi connectivity index (χ2v) is 7.81. The van der Waals surface area contributed by atoms with E-state index in [1.165, 1.54) is 12.7 Å². The number of ether oxygens (including phenoxy) is 1. The van der Waals surface area contributed by atoms with E-state index in [-0.39, 0.29) is 17.2 Å². The first-order valence-corrected chi connectivity index (χ1v) is 8.51. The van der Waals surface area contributed by atoms with Crippen LogP contribution in [0.5, 0.6) is 0 Å². The molecule has 0 aromatic carbocycles. The molecule has 2 aliphatic rings. The summed E-state index contributed by atoms with van der Waals surface area (Å²) in [6.07, 6.45) is 6.53. The Morgan fingerprint density at radius 3 is 2.59 bits per heavy atom. The second-order valence-electron chi connectivity index (χ2n) is 7.81. The van der Waals surface area contributed by atoms with E-state index in [4.69, 9.17) is 4.74 Å². The Kier molecular flexibility index (Phi) is 4.84. The maximum Gasteiger partial charge on any atom is 0.311 e. The molecule has 3 nitrogen and oxygen atoms in total. The predicted molar refractivity (Wildman–Crippen MR) is 87.4 cm³/mol. The largest absolute Gasteiger partial charge is 0.469 e. The van der Waals surface area contributed by atoms with Crippen LogP contribution in [-0.2, 0) is 14.3 Å². The van der Waals surface area contributed by atoms with Crippen molar-refractivity contribution in [1.29, 1.82) is 0 Å². The Morgan fingerprint density at radius 1 is 1.32 bits per heavy atom. The molecular weight excluding hydrogens is 276 g/mol. The predicted octanol–water partition coefficient (Wildman–Crippen LogP) is 4.31. The molecule has 0 aliphatic heterocycles. The molecule has 3 heteroatoms. The molecule has 0 aromatic heterocycles. The van der Waals surface area contributed by atoms with Crippen LogP contribution < -0.4 is 0 Å². The molecule has 2 saturated carbocycles. The zero-order valence-corrected chi connectivity index (χ0v) is 14.5. The maximum atomic E-state index is 12.4. The van der Waals surface area contributed by atoms with Gasteiger partial charge in [-0.2, -0.15) is 0 Å². The number of carbonyl (C=O) groups is 2. The summed E-state index contributed by atoms with van der Waals surface area (Å²) in [5.74, 6) is 0.842. The molecule has 0 spiro atoms. The second kappa shape index (κ2) is 6.17. The number of allylic oxidation sites excluding steroid dienone is 1. The highest BCUT2D eigenvalue weighted by molar-refractivity contribution is 5.77. The first-order chi connectivity index (χ1) is 10.3. The van der Waals surface area contributed by atoms with Gasteiger partial charge in [0.15, 0.2) is 0 Å². The molecule has 0 radical (unpaired) electrons. The monoisotopic (exact) mass is 306 g/mol. The lowest BCUT2D eigenvalue weighted by molar-refractivity contribution is -0.168. The highest BCUT2D eigenvalue weighted by Gasteiger charge is 2.57. The van der Waals surface area contributed by atoms with Gasteiger partial charge in [0.1, 0.15) is 5.78 Å². The Labute approximate surface area is 134 Å². The van der Waals surface area contributed by atoms with Crippen molar-refractivity contribution >= 4 is 11.8 Å². The van der Waals surface area contributed by atoms with Crippen LogP contribution in [0.1, 0.15) is 65.7 Å². The quantitative estimate of drug-likeness (QED) is 0.574. The molecule has 0 bridgehead atoms. The van der Waals surface area contributed by atoms with Crippen molar-refractivity contribution in [1.82, 2.24) is 0 Å². The molecule has 2 aliphatic carbocycles. The lowest BCUT2D eigenvalue weighted by Crippen LogP contribution is -2.53. The van der Waals surface area contributed by atoms with Gasteiger partial charge in [-0.1, -0.05) is 25.5 Å². The molecule has 0 saturated heterocycles. The summed E-state index contributed by atoms with van der Waals surface area (Å²) >= 11 is 0. The van der Waals surface area contributed by atoms with Crippen molar-refractivity contribution in [2.75, 3.05) is 7.11 Å². The number of rotatable bonds is 4. The fourth-order valence-electron chi connectivity index (χ4n) is 5.31. The molecule has 2 fully saturated rings. The van der Waals surface area contributed by atoms with Gasteiger partial charge >= 0.3 is 5.97 Å². The first-order valence-electron chi connectivity index (χ1n) is 8.51. The lowest BCUT2D eigenvalue weighted by atomic mass is 9.46. The summed E-state index contributed by atoms with van der Waals surface area (Å²) in [5, 5.41) is 0. The number of hydrogen-bond donors (Lipinski definition) is 0. The fraction of sp³-hybridized carbons (Fsp3) is 0.789. The van der Waals surface area contributed by atoms with E-state index in [1.807, 2.05) is 0 Å². The summed E-state index contributed by atoms with van der Waals surface area (Å²) in [4.78, 5) is 23.9. The van der Waals surface area contributed by atoms with Crippen LogP contribution in [0, 0.1) is 22.7 Å². The summed E-state index contributed by atoms with van der Waals surface area (Å²) in [6.45, 7) is 10.3. The molecule has 0 unspecified atom stereocenters. The van der Waals surface area contributed by atoms with Crippen LogP contribution >= 0.6 is 0 Å². The van der Waals surface area contributed by atoms with E-state index in [0.29, 0.717) is 18.3 Å². The third kappa shape index (κ3) is 2.75. The van der Waals surface area contributed by atoms with Gasteiger partial charge in [0.05, 0.1) is 12.5 Å². The zero-order chi connectivity index (χ0) is 16.5. The van der Waals surface area contributed by atoms with Gasteiger partial charge in [0, 0.05) is 6.42 Å². The van der Waals surface area contributed by atoms with Crippen LogP contribution in [0.2, 0.25) is 0 Å². The van der Waals surface area contributed by atoms with Gasteiger partial charge in [-0.25, -0.2) is 0 Å². The number of Topliss-reactive ketones (excluding diaryl/α,β-unsaturated/α-hetero) is 1. The van der Waals surface area contributed by atoms with Crippen molar-refractivity contribution in [2.45, 2.75) is 65.7 Å². The number of methoxy groups -OCH3 is 1. The van der Waals surface area contributed by atoms with Crippen molar-refractivity contribution in [3.05, 3.63) is 12.2 Å². The van der Waals surface area contributed by atoms with E-state index in [9.17, 15) is 9.59 Å². The number of ketones is 1. The average Bonchev–Trinajstić information content (AvgIpc) is 2.44. The van der Waals surface area contributed by atoms with Gasteiger partial charge < -0.3 is 9.53 Å². The lowest BCUT2D eigenvalue weighted by Gasteiger charge is -2.57. The summed E-state index contributed by atoms with van der Waals surface area (Å²) < 4.78 is 5.13. The van der Waals surface area contributed by atoms with Crippen LogP contribution in [0.15, 0.2) is 12.2 Å². The van der Waals surface area contributed by atoms with Gasteiger partial charge in [-0.05, 0) is 63.2 Å². The smallest absolute Gasteiger partial charge is 0.311 e.